The molecule has 4 heteroatoms. The smallest absolute Gasteiger partial charge is 0.335 e. The van der Waals surface area contributed by atoms with E-state index in [1.807, 2.05) is 25.1 Å². The number of aliphatic imine (C=N–C) groups is 1. The molecule has 2 aromatic carbocycles. The molecule has 1 aromatic heterocycles. The van der Waals surface area contributed by atoms with Gasteiger partial charge in [0.2, 0.25) is 0 Å². The SMILES string of the molecule is Cc1ccc(C(=O)O)cc1N=Cc1cc(C)n(-c2ccccc2)c1C. The lowest BCUT2D eigenvalue weighted by Crippen LogP contribution is -1.99. The molecule has 0 unspecified atom stereocenters. The molecule has 0 spiro atoms. The average Bonchev–Trinajstić information content (AvgIpc) is 2.88. The molecule has 0 aliphatic rings. The second-order valence-corrected chi connectivity index (χ2v) is 6.06. The normalized spacial score (nSPS) is 11.2. The minimum Gasteiger partial charge on any atom is -0.478 e. The molecule has 0 radical (unpaired) electrons. The number of hydrogen-bond acceptors (Lipinski definition) is 2. The summed E-state index contributed by atoms with van der Waals surface area (Å²) in [6.07, 6.45) is 1.80. The van der Waals surface area contributed by atoms with E-state index in [4.69, 9.17) is 5.11 Å². The van der Waals surface area contributed by atoms with Crippen LogP contribution in [0.25, 0.3) is 5.69 Å². The molecule has 0 saturated carbocycles. The number of carbonyl (C=O) groups is 1. The van der Waals surface area contributed by atoms with Crippen molar-refractivity contribution in [3.8, 4) is 5.69 Å². The van der Waals surface area contributed by atoms with Crippen LogP contribution in [0.15, 0.2) is 59.6 Å². The van der Waals surface area contributed by atoms with Crippen molar-refractivity contribution >= 4 is 17.9 Å². The molecule has 0 aliphatic carbocycles. The number of aryl methyl sites for hydroxylation is 2. The van der Waals surface area contributed by atoms with E-state index < -0.39 is 5.97 Å². The molecular formula is C21H20N2O2. The van der Waals surface area contributed by atoms with Crippen LogP contribution < -0.4 is 0 Å². The Hall–Kier alpha value is -3.14. The molecule has 126 valence electrons. The van der Waals surface area contributed by atoms with Gasteiger partial charge in [0.25, 0.3) is 0 Å². The van der Waals surface area contributed by atoms with Gasteiger partial charge in [-0.1, -0.05) is 24.3 Å². The zero-order valence-corrected chi connectivity index (χ0v) is 14.5. The van der Waals surface area contributed by atoms with Crippen LogP contribution in [0.4, 0.5) is 5.69 Å². The Morgan fingerprint density at radius 1 is 1.04 bits per heavy atom. The standard InChI is InChI=1S/C21H20N2O2/c1-14-9-10-17(21(24)25)12-20(14)22-13-18-11-15(2)23(16(18)3)19-7-5-4-6-8-19/h4-13H,1-3H3,(H,24,25). The van der Waals surface area contributed by atoms with Gasteiger partial charge in [0.05, 0.1) is 11.3 Å². The molecular weight excluding hydrogens is 312 g/mol. The first-order valence-electron chi connectivity index (χ1n) is 8.10. The summed E-state index contributed by atoms with van der Waals surface area (Å²) in [6.45, 7) is 6.04. The third kappa shape index (κ3) is 3.38. The molecule has 25 heavy (non-hydrogen) atoms. The van der Waals surface area contributed by atoms with Crippen LogP contribution in [0.5, 0.6) is 0 Å². The van der Waals surface area contributed by atoms with Crippen molar-refractivity contribution < 1.29 is 9.90 Å². The number of benzene rings is 2. The third-order valence-electron chi connectivity index (χ3n) is 4.28. The first kappa shape index (κ1) is 16.7. The van der Waals surface area contributed by atoms with E-state index in [-0.39, 0.29) is 5.56 Å². The minimum atomic E-state index is -0.946. The third-order valence-corrected chi connectivity index (χ3v) is 4.28. The number of carboxylic acids is 1. The largest absolute Gasteiger partial charge is 0.478 e. The van der Waals surface area contributed by atoms with E-state index in [0.717, 1.165) is 28.2 Å². The van der Waals surface area contributed by atoms with Crippen molar-refractivity contribution in [3.63, 3.8) is 0 Å². The van der Waals surface area contributed by atoms with Gasteiger partial charge in [-0.15, -0.1) is 0 Å². The maximum absolute atomic E-state index is 11.1. The van der Waals surface area contributed by atoms with Crippen LogP contribution >= 0.6 is 0 Å². The van der Waals surface area contributed by atoms with Gasteiger partial charge in [-0.3, -0.25) is 4.99 Å². The predicted molar refractivity (Wildman–Crippen MR) is 101 cm³/mol. The summed E-state index contributed by atoms with van der Waals surface area (Å²) in [7, 11) is 0. The second-order valence-electron chi connectivity index (χ2n) is 6.06. The number of aromatic carboxylic acids is 1. The lowest BCUT2D eigenvalue weighted by Gasteiger charge is -2.09. The van der Waals surface area contributed by atoms with Crippen LogP contribution in [-0.2, 0) is 0 Å². The summed E-state index contributed by atoms with van der Waals surface area (Å²) in [5.74, 6) is -0.946. The summed E-state index contributed by atoms with van der Waals surface area (Å²) < 4.78 is 2.18. The number of carboxylic acid groups (broad SMARTS) is 1. The highest BCUT2D eigenvalue weighted by Gasteiger charge is 2.10. The molecule has 0 fully saturated rings. The van der Waals surface area contributed by atoms with Crippen LogP contribution in [0, 0.1) is 20.8 Å². The van der Waals surface area contributed by atoms with Crippen molar-refractivity contribution in [3.05, 3.63) is 82.7 Å². The first-order chi connectivity index (χ1) is 12.0. The van der Waals surface area contributed by atoms with E-state index in [2.05, 4.69) is 41.6 Å². The summed E-state index contributed by atoms with van der Waals surface area (Å²) >= 11 is 0. The van der Waals surface area contributed by atoms with Gasteiger partial charge in [-0.25, -0.2) is 4.79 Å². The van der Waals surface area contributed by atoms with Crippen LogP contribution in [0.3, 0.4) is 0 Å². The van der Waals surface area contributed by atoms with E-state index in [0.29, 0.717) is 5.69 Å². The van der Waals surface area contributed by atoms with Gasteiger partial charge in [0.1, 0.15) is 0 Å². The Morgan fingerprint density at radius 2 is 1.76 bits per heavy atom. The van der Waals surface area contributed by atoms with E-state index in [1.54, 1.807) is 24.4 Å². The van der Waals surface area contributed by atoms with Gasteiger partial charge in [-0.2, -0.15) is 0 Å². The molecule has 3 rings (SSSR count). The Kier molecular flexibility index (Phi) is 4.52. The van der Waals surface area contributed by atoms with Crippen molar-refractivity contribution in [2.75, 3.05) is 0 Å². The zero-order chi connectivity index (χ0) is 18.0. The fraction of sp³-hybridized carbons (Fsp3) is 0.143. The summed E-state index contributed by atoms with van der Waals surface area (Å²) in [5.41, 5.74) is 6.21. The van der Waals surface area contributed by atoms with Crippen LogP contribution in [0.2, 0.25) is 0 Å². The van der Waals surface area contributed by atoms with E-state index in [9.17, 15) is 4.79 Å². The lowest BCUT2D eigenvalue weighted by molar-refractivity contribution is 0.0697. The van der Waals surface area contributed by atoms with Crippen LogP contribution in [-0.4, -0.2) is 21.9 Å². The molecule has 1 heterocycles. The minimum absolute atomic E-state index is 0.243. The number of nitrogens with zero attached hydrogens (tertiary/aromatic N) is 2. The number of rotatable bonds is 4. The average molecular weight is 332 g/mol. The Balaban J connectivity index is 1.98. The molecule has 0 atom stereocenters. The number of aromatic nitrogens is 1. The van der Waals surface area contributed by atoms with Crippen molar-refractivity contribution in [2.45, 2.75) is 20.8 Å². The highest BCUT2D eigenvalue weighted by molar-refractivity contribution is 5.90. The van der Waals surface area contributed by atoms with Crippen molar-refractivity contribution in [2.24, 2.45) is 4.99 Å². The quantitative estimate of drug-likeness (QED) is 0.694. The zero-order valence-electron chi connectivity index (χ0n) is 14.5. The highest BCUT2D eigenvalue weighted by Crippen LogP contribution is 2.23. The molecule has 0 amide bonds. The second kappa shape index (κ2) is 6.77. The Labute approximate surface area is 147 Å². The Bertz CT molecular complexity index is 954. The number of para-hydroxylation sites is 1. The van der Waals surface area contributed by atoms with Gasteiger partial charge in [0, 0.05) is 28.9 Å². The topological polar surface area (TPSA) is 54.6 Å². The van der Waals surface area contributed by atoms with Gasteiger partial charge < -0.3 is 9.67 Å². The van der Waals surface area contributed by atoms with Crippen LogP contribution in [0.1, 0.15) is 32.9 Å². The summed E-state index contributed by atoms with van der Waals surface area (Å²) in [4.78, 5) is 15.7. The molecule has 4 nitrogen and oxygen atoms in total. The Morgan fingerprint density at radius 3 is 2.44 bits per heavy atom. The predicted octanol–water partition coefficient (Wildman–Crippen LogP) is 4.85. The van der Waals surface area contributed by atoms with Crippen molar-refractivity contribution in [1.29, 1.82) is 0 Å². The van der Waals surface area contributed by atoms with E-state index in [1.165, 1.54) is 0 Å². The molecule has 0 saturated heterocycles. The monoisotopic (exact) mass is 332 g/mol. The van der Waals surface area contributed by atoms with Gasteiger partial charge in [0.15, 0.2) is 0 Å². The summed E-state index contributed by atoms with van der Waals surface area (Å²) in [6, 6.07) is 17.2. The molecule has 0 bridgehead atoms. The van der Waals surface area contributed by atoms with Gasteiger partial charge >= 0.3 is 5.97 Å². The number of hydrogen-bond donors (Lipinski definition) is 1. The molecule has 3 aromatic rings. The fourth-order valence-corrected chi connectivity index (χ4v) is 2.91. The highest BCUT2D eigenvalue weighted by atomic mass is 16.4. The van der Waals surface area contributed by atoms with Crippen molar-refractivity contribution in [1.82, 2.24) is 4.57 Å². The maximum atomic E-state index is 11.1. The first-order valence-corrected chi connectivity index (χ1v) is 8.10. The van der Waals surface area contributed by atoms with Gasteiger partial charge in [-0.05, 0) is 56.7 Å². The summed E-state index contributed by atoms with van der Waals surface area (Å²) in [5, 5.41) is 9.14. The van der Waals surface area contributed by atoms with E-state index >= 15 is 0 Å². The molecule has 0 aliphatic heterocycles. The lowest BCUT2D eigenvalue weighted by atomic mass is 10.1. The fourth-order valence-electron chi connectivity index (χ4n) is 2.91. The molecule has 1 N–H and O–H groups in total. The maximum Gasteiger partial charge on any atom is 0.335 e.